The highest BCUT2D eigenvalue weighted by Gasteiger charge is 2.20. The number of halogens is 1. The second kappa shape index (κ2) is 13.6. The number of hydrogen-bond donors (Lipinski definition) is 4. The molecule has 0 aliphatic heterocycles. The lowest BCUT2D eigenvalue weighted by Gasteiger charge is -2.18. The Kier molecular flexibility index (Phi) is 9.73. The van der Waals surface area contributed by atoms with Crippen molar-refractivity contribution in [3.8, 4) is 11.3 Å². The molecule has 0 aliphatic carbocycles. The number of nitrogens with one attached hydrogen (secondary N) is 4. The molecular formula is C27H30FN9O2S. The number of rotatable bonds is 12. The molecule has 1 unspecified atom stereocenters. The minimum absolute atomic E-state index is 0.00318. The second-order valence-corrected chi connectivity index (χ2v) is 9.77. The first-order valence-corrected chi connectivity index (χ1v) is 13.9. The number of benzene rings is 1. The first-order valence-electron chi connectivity index (χ1n) is 12.6. The largest absolute Gasteiger partial charge is 0.370 e. The summed E-state index contributed by atoms with van der Waals surface area (Å²) in [5.41, 5.74) is 3.01. The van der Waals surface area contributed by atoms with Crippen molar-refractivity contribution in [1.82, 2.24) is 35.6 Å². The van der Waals surface area contributed by atoms with E-state index in [2.05, 4.69) is 46.2 Å². The second-order valence-electron chi connectivity index (χ2n) is 8.73. The van der Waals surface area contributed by atoms with E-state index >= 15 is 0 Å². The van der Waals surface area contributed by atoms with Crippen molar-refractivity contribution < 1.29 is 14.0 Å². The molecule has 0 spiro atoms. The Morgan fingerprint density at radius 2 is 1.80 bits per heavy atom. The lowest BCUT2D eigenvalue weighted by atomic mass is 10.0. The molecule has 0 radical (unpaired) electrons. The summed E-state index contributed by atoms with van der Waals surface area (Å²) < 4.78 is 14.8. The normalized spacial score (nSPS) is 11.6. The lowest BCUT2D eigenvalue weighted by Crippen LogP contribution is -2.26. The summed E-state index contributed by atoms with van der Waals surface area (Å²) in [6.07, 6.45) is 9.04. The minimum atomic E-state index is -0.477. The van der Waals surface area contributed by atoms with Gasteiger partial charge < -0.3 is 21.3 Å². The molecule has 40 heavy (non-hydrogen) atoms. The summed E-state index contributed by atoms with van der Waals surface area (Å²) in [5, 5.41) is 11.9. The molecular weight excluding hydrogens is 533 g/mol. The first kappa shape index (κ1) is 28.6. The Bertz CT molecular complexity index is 1490. The maximum absolute atomic E-state index is 14.8. The average Bonchev–Trinajstić information content (AvgIpc) is 2.98. The number of thioether (sulfide) groups is 1. The molecule has 2 amide bonds. The van der Waals surface area contributed by atoms with Crippen molar-refractivity contribution in [3.63, 3.8) is 0 Å². The fourth-order valence-electron chi connectivity index (χ4n) is 4.14. The van der Waals surface area contributed by atoms with Crippen LogP contribution in [0, 0.1) is 5.82 Å². The molecule has 0 saturated carbocycles. The van der Waals surface area contributed by atoms with E-state index in [0.717, 1.165) is 11.1 Å². The van der Waals surface area contributed by atoms with E-state index in [1.165, 1.54) is 38.6 Å². The molecule has 1 atom stereocenters. The predicted octanol–water partition coefficient (Wildman–Crippen LogP) is 3.43. The van der Waals surface area contributed by atoms with Crippen molar-refractivity contribution in [2.24, 2.45) is 0 Å². The maximum atomic E-state index is 14.8. The molecule has 0 saturated heterocycles. The third-order valence-electron chi connectivity index (χ3n) is 6.08. The zero-order valence-corrected chi connectivity index (χ0v) is 23.2. The van der Waals surface area contributed by atoms with Crippen molar-refractivity contribution in [2.75, 3.05) is 43.6 Å². The van der Waals surface area contributed by atoms with Gasteiger partial charge in [-0.1, -0.05) is 6.07 Å². The van der Waals surface area contributed by atoms with Gasteiger partial charge in [-0.15, -0.1) is 0 Å². The van der Waals surface area contributed by atoms with Crippen LogP contribution >= 0.6 is 11.8 Å². The molecule has 3 heterocycles. The highest BCUT2D eigenvalue weighted by atomic mass is 32.2. The third kappa shape index (κ3) is 6.97. The van der Waals surface area contributed by atoms with Gasteiger partial charge in [0.2, 0.25) is 11.9 Å². The summed E-state index contributed by atoms with van der Waals surface area (Å²) in [5.74, 6) is 0.173. The fourth-order valence-corrected chi connectivity index (χ4v) is 4.94. The molecule has 0 aliphatic rings. The van der Waals surface area contributed by atoms with E-state index in [1.54, 1.807) is 30.2 Å². The van der Waals surface area contributed by atoms with Crippen molar-refractivity contribution in [3.05, 3.63) is 66.1 Å². The number of amides is 2. The Balaban J connectivity index is 1.41. The van der Waals surface area contributed by atoms with Gasteiger partial charge in [0, 0.05) is 74.5 Å². The Morgan fingerprint density at radius 1 is 1.00 bits per heavy atom. The fraction of sp³-hybridized carbons (Fsp3) is 0.296. The van der Waals surface area contributed by atoms with E-state index in [1.807, 2.05) is 12.3 Å². The van der Waals surface area contributed by atoms with Gasteiger partial charge in [0.25, 0.3) is 5.91 Å². The zero-order valence-electron chi connectivity index (χ0n) is 22.4. The smallest absolute Gasteiger partial charge is 0.251 e. The number of aromatic nitrogens is 5. The van der Waals surface area contributed by atoms with Crippen LogP contribution in [0.1, 0.15) is 34.5 Å². The molecule has 4 N–H and O–H groups in total. The lowest BCUT2D eigenvalue weighted by molar-refractivity contribution is -0.118. The summed E-state index contributed by atoms with van der Waals surface area (Å²) in [4.78, 5) is 45.0. The number of pyridine rings is 1. The number of anilines is 2. The SMILES string of the molecule is CNC(=O)c1ccnc2c(C(CCNc3cc(-c4cnc(NCCNC(C)=O)nc4)ncn3)SC)ccc(F)c12. The zero-order chi connectivity index (χ0) is 28.5. The predicted molar refractivity (Wildman–Crippen MR) is 155 cm³/mol. The molecule has 4 rings (SSSR count). The average molecular weight is 564 g/mol. The van der Waals surface area contributed by atoms with Crippen LogP contribution in [0.15, 0.2) is 49.2 Å². The van der Waals surface area contributed by atoms with Gasteiger partial charge in [-0.05, 0) is 30.4 Å². The molecule has 0 fully saturated rings. The quantitative estimate of drug-likeness (QED) is 0.189. The van der Waals surface area contributed by atoms with E-state index in [0.29, 0.717) is 49.0 Å². The van der Waals surface area contributed by atoms with Crippen LogP contribution in [0.5, 0.6) is 0 Å². The summed E-state index contributed by atoms with van der Waals surface area (Å²) in [7, 11) is 1.52. The highest BCUT2D eigenvalue weighted by molar-refractivity contribution is 7.98. The standard InChI is InChI=1S/C27H30FN9O2S/c1-16(38)30-10-11-33-27-34-13-17(14-35-27)21-12-23(37-15-36-21)31-9-7-22(40-3)18-4-5-20(28)24-19(26(39)29-2)6-8-32-25(18)24/h4-6,8,12-15,22H,7,9-11H2,1-3H3,(H,29,39)(H,30,38)(H,31,36,37)(H,33,34,35). The first-order chi connectivity index (χ1) is 19.4. The van der Waals surface area contributed by atoms with Gasteiger partial charge in [-0.3, -0.25) is 14.6 Å². The summed E-state index contributed by atoms with van der Waals surface area (Å²) in [6, 6.07) is 6.48. The van der Waals surface area contributed by atoms with Gasteiger partial charge in [-0.25, -0.2) is 24.3 Å². The van der Waals surface area contributed by atoms with Crippen LogP contribution in [0.25, 0.3) is 22.2 Å². The van der Waals surface area contributed by atoms with E-state index in [-0.39, 0.29) is 28.0 Å². The highest BCUT2D eigenvalue weighted by Crippen LogP contribution is 2.36. The van der Waals surface area contributed by atoms with Gasteiger partial charge in [0.1, 0.15) is 18.0 Å². The molecule has 0 bridgehead atoms. The van der Waals surface area contributed by atoms with Gasteiger partial charge >= 0.3 is 0 Å². The Morgan fingerprint density at radius 3 is 2.52 bits per heavy atom. The number of carbonyl (C=O) groups is 2. The monoisotopic (exact) mass is 563 g/mol. The minimum Gasteiger partial charge on any atom is -0.370 e. The number of nitrogens with zero attached hydrogens (tertiary/aromatic N) is 5. The number of fused-ring (bicyclic) bond motifs is 1. The number of carbonyl (C=O) groups excluding carboxylic acids is 2. The van der Waals surface area contributed by atoms with Crippen LogP contribution in [-0.4, -0.2) is 69.7 Å². The molecule has 13 heteroatoms. The molecule has 4 aromatic rings. The summed E-state index contributed by atoms with van der Waals surface area (Å²) >= 11 is 1.63. The van der Waals surface area contributed by atoms with Crippen LogP contribution in [0.3, 0.4) is 0 Å². The van der Waals surface area contributed by atoms with Crippen LogP contribution < -0.4 is 21.3 Å². The Hall–Kier alpha value is -4.39. The maximum Gasteiger partial charge on any atom is 0.251 e. The molecule has 208 valence electrons. The van der Waals surface area contributed by atoms with E-state index in [9.17, 15) is 14.0 Å². The van der Waals surface area contributed by atoms with Crippen LogP contribution in [0.4, 0.5) is 16.2 Å². The molecule has 1 aromatic carbocycles. The van der Waals surface area contributed by atoms with Crippen molar-refractivity contribution >= 4 is 46.2 Å². The number of hydrogen-bond acceptors (Lipinski definition) is 10. The molecule has 11 nitrogen and oxygen atoms in total. The van der Waals surface area contributed by atoms with Crippen LogP contribution in [-0.2, 0) is 4.79 Å². The molecule has 3 aromatic heterocycles. The van der Waals surface area contributed by atoms with E-state index < -0.39 is 5.82 Å². The van der Waals surface area contributed by atoms with Gasteiger partial charge in [-0.2, -0.15) is 11.8 Å². The third-order valence-corrected chi connectivity index (χ3v) is 7.14. The summed E-state index contributed by atoms with van der Waals surface area (Å²) in [6.45, 7) is 3.04. The van der Waals surface area contributed by atoms with Gasteiger partial charge in [0.15, 0.2) is 0 Å². The van der Waals surface area contributed by atoms with Crippen molar-refractivity contribution in [1.29, 1.82) is 0 Å². The topological polar surface area (TPSA) is 147 Å². The van der Waals surface area contributed by atoms with Gasteiger partial charge in [0.05, 0.1) is 16.8 Å². The Labute approximate surface area is 235 Å². The van der Waals surface area contributed by atoms with E-state index in [4.69, 9.17) is 0 Å². The van der Waals surface area contributed by atoms with Crippen LogP contribution in [0.2, 0.25) is 0 Å². The van der Waals surface area contributed by atoms with Crippen molar-refractivity contribution in [2.45, 2.75) is 18.6 Å².